The Morgan fingerprint density at radius 2 is 2.04 bits per heavy atom. The van der Waals surface area contributed by atoms with Gasteiger partial charge >= 0.3 is 0 Å². The monoisotopic (exact) mass is 405 g/mol. The minimum atomic E-state index is -0.399. The number of aryl methyl sites for hydroxylation is 1. The molecule has 0 aliphatic heterocycles. The van der Waals surface area contributed by atoms with E-state index in [4.69, 9.17) is 12.2 Å². The highest BCUT2D eigenvalue weighted by atomic mass is 32.2. The highest BCUT2D eigenvalue weighted by molar-refractivity contribution is 8.02. The molecular weight excluding hydrogens is 389 g/mol. The van der Waals surface area contributed by atoms with E-state index in [0.717, 1.165) is 5.69 Å². The van der Waals surface area contributed by atoms with Crippen molar-refractivity contribution in [3.05, 3.63) is 63.9 Å². The highest BCUT2D eigenvalue weighted by Gasteiger charge is 2.18. The van der Waals surface area contributed by atoms with Crippen molar-refractivity contribution in [2.45, 2.75) is 23.4 Å². The summed E-state index contributed by atoms with van der Waals surface area (Å²) in [6, 6.07) is 14.2. The van der Waals surface area contributed by atoms with Crippen molar-refractivity contribution < 1.29 is 9.18 Å². The molecule has 0 saturated heterocycles. The quantitative estimate of drug-likeness (QED) is 0.466. The summed E-state index contributed by atoms with van der Waals surface area (Å²) in [5.74, 6) is -0.562. The van der Waals surface area contributed by atoms with E-state index in [-0.39, 0.29) is 11.7 Å². The first-order valence-electron chi connectivity index (χ1n) is 7.83. The molecule has 0 radical (unpaired) electrons. The van der Waals surface area contributed by atoms with E-state index in [0.29, 0.717) is 19.5 Å². The van der Waals surface area contributed by atoms with E-state index in [2.05, 4.69) is 10.4 Å². The van der Waals surface area contributed by atoms with E-state index >= 15 is 0 Å². The molecule has 1 unspecified atom stereocenters. The number of carbonyl (C=O) groups excluding carboxylic acids is 1. The van der Waals surface area contributed by atoms with Crippen molar-refractivity contribution in [3.63, 3.8) is 0 Å². The topological polar surface area (TPSA) is 46.9 Å². The lowest BCUT2D eigenvalue weighted by molar-refractivity contribution is -0.115. The van der Waals surface area contributed by atoms with Gasteiger partial charge in [0.05, 0.1) is 10.9 Å². The van der Waals surface area contributed by atoms with Gasteiger partial charge in [0, 0.05) is 5.69 Å². The zero-order chi connectivity index (χ0) is 18.7. The maximum absolute atomic E-state index is 13.6. The van der Waals surface area contributed by atoms with Crippen LogP contribution in [0.15, 0.2) is 52.9 Å². The maximum Gasteiger partial charge on any atom is 0.237 e. The molecule has 0 fully saturated rings. The number of anilines is 1. The van der Waals surface area contributed by atoms with Gasteiger partial charge in [-0.2, -0.15) is 0 Å². The van der Waals surface area contributed by atoms with Gasteiger partial charge in [-0.25, -0.2) is 9.07 Å². The van der Waals surface area contributed by atoms with Crippen LogP contribution in [0.3, 0.4) is 0 Å². The Morgan fingerprint density at radius 1 is 1.31 bits per heavy atom. The van der Waals surface area contributed by atoms with Crippen LogP contribution in [0.25, 0.3) is 5.69 Å². The van der Waals surface area contributed by atoms with Gasteiger partial charge in [0.25, 0.3) is 0 Å². The summed E-state index contributed by atoms with van der Waals surface area (Å²) in [4.78, 5) is 12.4. The molecule has 0 aliphatic rings. The second-order valence-electron chi connectivity index (χ2n) is 5.59. The molecule has 1 amide bonds. The van der Waals surface area contributed by atoms with E-state index in [9.17, 15) is 9.18 Å². The smallest absolute Gasteiger partial charge is 0.237 e. The molecule has 8 heteroatoms. The SMILES string of the molecule is Cc1ccc(NC(=O)C(C)Sc2nn(-c3ccccc3)c(=S)s2)cc1F. The standard InChI is InChI=1S/C18H16FN3OS3/c1-11-8-9-13(10-15(11)19)20-16(23)12(2)25-17-21-22(18(24)26-17)14-6-4-3-5-7-14/h3-10,12H,1-2H3,(H,20,23). The number of rotatable bonds is 5. The van der Waals surface area contributed by atoms with Crippen molar-refractivity contribution in [3.8, 4) is 5.69 Å². The first-order chi connectivity index (χ1) is 12.4. The Labute approximate surface area is 164 Å². The Bertz CT molecular complexity index is 985. The lowest BCUT2D eigenvalue weighted by Gasteiger charge is -2.11. The van der Waals surface area contributed by atoms with E-state index in [1.165, 1.54) is 29.2 Å². The van der Waals surface area contributed by atoms with Crippen molar-refractivity contribution in [1.29, 1.82) is 0 Å². The van der Waals surface area contributed by atoms with E-state index in [1.54, 1.807) is 30.7 Å². The Morgan fingerprint density at radius 3 is 2.73 bits per heavy atom. The average Bonchev–Trinajstić information content (AvgIpc) is 2.99. The summed E-state index contributed by atoms with van der Waals surface area (Å²) < 4.78 is 16.6. The largest absolute Gasteiger partial charge is 0.325 e. The number of halogens is 1. The predicted molar refractivity (Wildman–Crippen MR) is 107 cm³/mol. The zero-order valence-corrected chi connectivity index (χ0v) is 16.6. The third-order valence-corrected chi connectivity index (χ3v) is 6.03. The van der Waals surface area contributed by atoms with Crippen LogP contribution in [0.1, 0.15) is 12.5 Å². The number of hydrogen-bond donors (Lipinski definition) is 1. The summed E-state index contributed by atoms with van der Waals surface area (Å²) in [6.45, 7) is 3.46. The molecule has 0 saturated carbocycles. The van der Waals surface area contributed by atoms with Gasteiger partial charge in [0.15, 0.2) is 8.29 Å². The van der Waals surface area contributed by atoms with Crippen LogP contribution in [0, 0.1) is 16.7 Å². The molecule has 2 aromatic carbocycles. The molecule has 1 atom stereocenters. The molecule has 1 N–H and O–H groups in total. The van der Waals surface area contributed by atoms with Gasteiger partial charge in [-0.05, 0) is 55.9 Å². The third-order valence-electron chi connectivity index (χ3n) is 3.62. The molecule has 0 aliphatic carbocycles. The first kappa shape index (κ1) is 18.8. The summed E-state index contributed by atoms with van der Waals surface area (Å²) in [5, 5.41) is 6.82. The van der Waals surface area contributed by atoms with Crippen molar-refractivity contribution in [2.24, 2.45) is 0 Å². The van der Waals surface area contributed by atoms with Crippen LogP contribution >= 0.6 is 35.3 Å². The fourth-order valence-electron chi connectivity index (χ4n) is 2.16. The van der Waals surface area contributed by atoms with Crippen LogP contribution in [0.2, 0.25) is 0 Å². The fraction of sp³-hybridized carbons (Fsp3) is 0.167. The Kier molecular flexibility index (Phi) is 5.85. The maximum atomic E-state index is 13.6. The molecule has 1 heterocycles. The Balaban J connectivity index is 1.69. The minimum absolute atomic E-state index is 0.217. The molecule has 0 spiro atoms. The van der Waals surface area contributed by atoms with Crippen molar-refractivity contribution >= 4 is 46.9 Å². The normalized spacial score (nSPS) is 12.0. The van der Waals surface area contributed by atoms with Crippen LogP contribution in [0.4, 0.5) is 10.1 Å². The second kappa shape index (κ2) is 8.11. The molecule has 0 bridgehead atoms. The Hall–Kier alpha value is -2.03. The summed E-state index contributed by atoms with van der Waals surface area (Å²) >= 11 is 8.05. The van der Waals surface area contributed by atoms with Crippen LogP contribution in [-0.4, -0.2) is 20.9 Å². The van der Waals surface area contributed by atoms with Crippen molar-refractivity contribution in [1.82, 2.24) is 9.78 Å². The lowest BCUT2D eigenvalue weighted by Crippen LogP contribution is -2.22. The number of aromatic nitrogens is 2. The molecule has 4 nitrogen and oxygen atoms in total. The predicted octanol–water partition coefficient (Wildman–Crippen LogP) is 5.23. The second-order valence-corrected chi connectivity index (χ2v) is 8.81. The minimum Gasteiger partial charge on any atom is -0.325 e. The van der Waals surface area contributed by atoms with Gasteiger partial charge in [0.1, 0.15) is 5.82 Å². The molecule has 3 rings (SSSR count). The number of nitrogens with one attached hydrogen (secondary N) is 1. The van der Waals surface area contributed by atoms with Gasteiger partial charge in [-0.1, -0.05) is 47.4 Å². The molecule has 134 valence electrons. The number of amides is 1. The van der Waals surface area contributed by atoms with Gasteiger partial charge in [-0.3, -0.25) is 4.79 Å². The van der Waals surface area contributed by atoms with Crippen LogP contribution < -0.4 is 5.32 Å². The van der Waals surface area contributed by atoms with Gasteiger partial charge in [0.2, 0.25) is 5.91 Å². The number of nitrogens with zero attached hydrogens (tertiary/aromatic N) is 2. The van der Waals surface area contributed by atoms with E-state index in [1.807, 2.05) is 30.3 Å². The number of hydrogen-bond acceptors (Lipinski definition) is 5. The summed E-state index contributed by atoms with van der Waals surface area (Å²) in [6.07, 6.45) is 0. The molecular formula is C18H16FN3OS3. The number of para-hydroxylation sites is 1. The molecule has 3 aromatic rings. The van der Waals surface area contributed by atoms with E-state index < -0.39 is 5.25 Å². The van der Waals surface area contributed by atoms with Gasteiger partial charge < -0.3 is 5.32 Å². The van der Waals surface area contributed by atoms with Crippen LogP contribution in [0.5, 0.6) is 0 Å². The van der Waals surface area contributed by atoms with Crippen molar-refractivity contribution in [2.75, 3.05) is 5.32 Å². The third kappa shape index (κ3) is 4.38. The first-order valence-corrected chi connectivity index (χ1v) is 9.94. The summed E-state index contributed by atoms with van der Waals surface area (Å²) in [5.41, 5.74) is 1.86. The van der Waals surface area contributed by atoms with Crippen LogP contribution in [-0.2, 0) is 4.79 Å². The average molecular weight is 406 g/mol. The fourth-order valence-corrected chi connectivity index (χ4v) is 4.67. The summed E-state index contributed by atoms with van der Waals surface area (Å²) in [7, 11) is 0. The lowest BCUT2D eigenvalue weighted by atomic mass is 10.2. The highest BCUT2D eigenvalue weighted by Crippen LogP contribution is 2.28. The molecule has 26 heavy (non-hydrogen) atoms. The molecule has 1 aromatic heterocycles. The zero-order valence-electron chi connectivity index (χ0n) is 14.1. The number of thioether (sulfide) groups is 1. The van der Waals surface area contributed by atoms with Gasteiger partial charge in [-0.15, -0.1) is 5.10 Å². The number of carbonyl (C=O) groups is 1. The number of benzene rings is 2.